The van der Waals surface area contributed by atoms with E-state index in [1.165, 1.54) is 5.56 Å². The molecule has 0 spiro atoms. The summed E-state index contributed by atoms with van der Waals surface area (Å²) in [6, 6.07) is 15.9. The summed E-state index contributed by atoms with van der Waals surface area (Å²) in [4.78, 5) is 16.7. The predicted octanol–water partition coefficient (Wildman–Crippen LogP) is 3.38. The van der Waals surface area contributed by atoms with E-state index < -0.39 is 0 Å². The predicted molar refractivity (Wildman–Crippen MR) is 95.3 cm³/mol. The van der Waals surface area contributed by atoms with E-state index >= 15 is 0 Å². The van der Waals surface area contributed by atoms with E-state index in [9.17, 15) is 4.79 Å². The van der Waals surface area contributed by atoms with Gasteiger partial charge in [0, 0.05) is 11.9 Å². The average Bonchev–Trinajstić information content (AvgIpc) is 2.96. The standard InChI is InChI=1S/C19H20N4O/c1-14(11-12-16-8-4-3-5-9-16)21-22-19(24)18-15(2)23-13-7-6-10-17(23)20-18/h3-10,13H,11-12H2,1-2H3,(H,22,24). The van der Waals surface area contributed by atoms with Crippen molar-refractivity contribution in [2.24, 2.45) is 5.10 Å². The molecule has 0 aliphatic rings. The smallest absolute Gasteiger partial charge is 0.291 e. The van der Waals surface area contributed by atoms with Crippen molar-refractivity contribution < 1.29 is 4.79 Å². The topological polar surface area (TPSA) is 58.8 Å². The summed E-state index contributed by atoms with van der Waals surface area (Å²) >= 11 is 0. The van der Waals surface area contributed by atoms with E-state index in [1.807, 2.05) is 60.8 Å². The molecule has 0 aliphatic heterocycles. The second kappa shape index (κ2) is 7.08. The highest BCUT2D eigenvalue weighted by Gasteiger charge is 2.15. The molecule has 0 radical (unpaired) electrons. The number of amides is 1. The van der Waals surface area contributed by atoms with Crippen molar-refractivity contribution in [1.29, 1.82) is 0 Å². The van der Waals surface area contributed by atoms with Crippen LogP contribution in [0.15, 0.2) is 59.8 Å². The van der Waals surface area contributed by atoms with Crippen LogP contribution in [0.25, 0.3) is 5.65 Å². The van der Waals surface area contributed by atoms with Gasteiger partial charge in [0.1, 0.15) is 5.65 Å². The number of carbonyl (C=O) groups is 1. The molecule has 0 unspecified atom stereocenters. The molecule has 0 fully saturated rings. The van der Waals surface area contributed by atoms with Crippen LogP contribution < -0.4 is 5.43 Å². The van der Waals surface area contributed by atoms with Crippen LogP contribution in [0.4, 0.5) is 0 Å². The lowest BCUT2D eigenvalue weighted by molar-refractivity contribution is 0.0949. The molecule has 2 aromatic heterocycles. The van der Waals surface area contributed by atoms with Gasteiger partial charge in [-0.05, 0) is 44.4 Å². The third kappa shape index (κ3) is 3.51. The molecule has 122 valence electrons. The minimum absolute atomic E-state index is 0.282. The van der Waals surface area contributed by atoms with Gasteiger partial charge in [-0.1, -0.05) is 36.4 Å². The maximum Gasteiger partial charge on any atom is 0.291 e. The third-order valence-electron chi connectivity index (χ3n) is 3.95. The quantitative estimate of drug-likeness (QED) is 0.579. The summed E-state index contributed by atoms with van der Waals surface area (Å²) in [6.07, 6.45) is 3.59. The van der Waals surface area contributed by atoms with Crippen molar-refractivity contribution >= 4 is 17.3 Å². The number of hydrogen-bond donors (Lipinski definition) is 1. The Morgan fingerprint density at radius 1 is 1.17 bits per heavy atom. The zero-order chi connectivity index (χ0) is 16.9. The number of pyridine rings is 1. The van der Waals surface area contributed by atoms with E-state index in [0.717, 1.165) is 29.9 Å². The Morgan fingerprint density at radius 2 is 1.92 bits per heavy atom. The van der Waals surface area contributed by atoms with Crippen LogP contribution in [-0.2, 0) is 6.42 Å². The monoisotopic (exact) mass is 320 g/mol. The van der Waals surface area contributed by atoms with Crippen molar-refractivity contribution in [2.45, 2.75) is 26.7 Å². The van der Waals surface area contributed by atoms with Gasteiger partial charge < -0.3 is 4.40 Å². The normalized spacial score (nSPS) is 11.7. The number of hydrazone groups is 1. The number of nitrogens with one attached hydrogen (secondary N) is 1. The fraction of sp³-hybridized carbons (Fsp3) is 0.211. The minimum Gasteiger partial charge on any atom is -0.304 e. The number of aryl methyl sites for hydroxylation is 2. The number of benzene rings is 1. The fourth-order valence-electron chi connectivity index (χ4n) is 2.56. The van der Waals surface area contributed by atoms with Gasteiger partial charge in [-0.3, -0.25) is 4.79 Å². The van der Waals surface area contributed by atoms with E-state index in [2.05, 4.69) is 27.6 Å². The Labute approximate surface area is 141 Å². The number of hydrogen-bond acceptors (Lipinski definition) is 3. The Bertz CT molecular complexity index is 881. The van der Waals surface area contributed by atoms with E-state index in [1.54, 1.807) is 0 Å². The fourth-order valence-corrected chi connectivity index (χ4v) is 2.56. The molecule has 3 rings (SSSR count). The largest absolute Gasteiger partial charge is 0.304 e. The summed E-state index contributed by atoms with van der Waals surface area (Å²) in [5.41, 5.74) is 6.72. The van der Waals surface area contributed by atoms with Crippen LogP contribution in [0.3, 0.4) is 0 Å². The molecule has 1 amide bonds. The van der Waals surface area contributed by atoms with Gasteiger partial charge in [-0.2, -0.15) is 5.10 Å². The van der Waals surface area contributed by atoms with Crippen LogP contribution in [0.1, 0.15) is 35.1 Å². The average molecular weight is 320 g/mol. The molecule has 5 heteroatoms. The van der Waals surface area contributed by atoms with Crippen molar-refractivity contribution in [3.63, 3.8) is 0 Å². The van der Waals surface area contributed by atoms with Crippen LogP contribution >= 0.6 is 0 Å². The Morgan fingerprint density at radius 3 is 2.67 bits per heavy atom. The summed E-state index contributed by atoms with van der Waals surface area (Å²) in [6.45, 7) is 3.79. The Balaban J connectivity index is 1.64. The Hall–Kier alpha value is -2.95. The van der Waals surface area contributed by atoms with Crippen molar-refractivity contribution in [3.05, 3.63) is 71.7 Å². The van der Waals surface area contributed by atoms with Gasteiger partial charge in [-0.25, -0.2) is 10.4 Å². The summed E-state index contributed by atoms with van der Waals surface area (Å²) in [5.74, 6) is -0.282. The van der Waals surface area contributed by atoms with Crippen LogP contribution in [-0.4, -0.2) is 21.0 Å². The first-order valence-corrected chi connectivity index (χ1v) is 7.96. The first-order chi connectivity index (χ1) is 11.6. The molecule has 24 heavy (non-hydrogen) atoms. The highest BCUT2D eigenvalue weighted by molar-refractivity contribution is 5.95. The SMILES string of the molecule is CC(CCc1ccccc1)=NNC(=O)c1nc2ccccn2c1C. The molecule has 3 aromatic rings. The van der Waals surface area contributed by atoms with Gasteiger partial charge in [0.2, 0.25) is 0 Å². The molecule has 1 aromatic carbocycles. The Kier molecular flexibility index (Phi) is 4.70. The zero-order valence-electron chi connectivity index (χ0n) is 13.9. The van der Waals surface area contributed by atoms with Crippen LogP contribution in [0.5, 0.6) is 0 Å². The second-order valence-corrected chi connectivity index (χ2v) is 5.75. The lowest BCUT2D eigenvalue weighted by Gasteiger charge is -2.03. The van der Waals surface area contributed by atoms with Gasteiger partial charge >= 0.3 is 0 Å². The van der Waals surface area contributed by atoms with Crippen molar-refractivity contribution in [1.82, 2.24) is 14.8 Å². The molecule has 1 N–H and O–H groups in total. The first-order valence-electron chi connectivity index (χ1n) is 7.96. The van der Waals surface area contributed by atoms with E-state index in [0.29, 0.717) is 5.69 Å². The molecule has 2 heterocycles. The van der Waals surface area contributed by atoms with Gasteiger partial charge in [0.25, 0.3) is 5.91 Å². The number of nitrogens with zero attached hydrogens (tertiary/aromatic N) is 3. The first kappa shape index (κ1) is 15.9. The summed E-state index contributed by atoms with van der Waals surface area (Å²) < 4.78 is 1.89. The molecular weight excluding hydrogens is 300 g/mol. The zero-order valence-corrected chi connectivity index (χ0v) is 13.9. The lowest BCUT2D eigenvalue weighted by Crippen LogP contribution is -2.20. The number of fused-ring (bicyclic) bond motifs is 1. The number of carbonyl (C=O) groups excluding carboxylic acids is 1. The molecule has 0 aliphatic carbocycles. The molecular formula is C19H20N4O. The van der Waals surface area contributed by atoms with Crippen LogP contribution in [0, 0.1) is 6.92 Å². The number of rotatable bonds is 5. The molecule has 0 atom stereocenters. The summed E-state index contributed by atoms with van der Waals surface area (Å²) in [7, 11) is 0. The summed E-state index contributed by atoms with van der Waals surface area (Å²) in [5, 5.41) is 4.19. The second-order valence-electron chi connectivity index (χ2n) is 5.75. The number of aromatic nitrogens is 2. The highest BCUT2D eigenvalue weighted by atomic mass is 16.2. The van der Waals surface area contributed by atoms with Gasteiger partial charge in [0.05, 0.1) is 5.69 Å². The van der Waals surface area contributed by atoms with Crippen molar-refractivity contribution in [2.75, 3.05) is 0 Å². The van der Waals surface area contributed by atoms with Gasteiger partial charge in [0.15, 0.2) is 5.69 Å². The molecule has 0 bridgehead atoms. The highest BCUT2D eigenvalue weighted by Crippen LogP contribution is 2.11. The van der Waals surface area contributed by atoms with Crippen LogP contribution in [0.2, 0.25) is 0 Å². The minimum atomic E-state index is -0.282. The molecule has 0 saturated carbocycles. The number of imidazole rings is 1. The lowest BCUT2D eigenvalue weighted by atomic mass is 10.1. The molecule has 5 nitrogen and oxygen atoms in total. The van der Waals surface area contributed by atoms with Gasteiger partial charge in [-0.15, -0.1) is 0 Å². The van der Waals surface area contributed by atoms with E-state index in [-0.39, 0.29) is 5.91 Å². The van der Waals surface area contributed by atoms with E-state index in [4.69, 9.17) is 0 Å². The maximum absolute atomic E-state index is 12.3. The molecule has 0 saturated heterocycles. The maximum atomic E-state index is 12.3. The third-order valence-corrected chi connectivity index (χ3v) is 3.95. The van der Waals surface area contributed by atoms with Crippen molar-refractivity contribution in [3.8, 4) is 0 Å².